The molecule has 0 fully saturated rings. The molecule has 0 rings (SSSR count). The Hall–Kier alpha value is -1.14. The minimum atomic E-state index is -0.991. The molecule has 0 aromatic heterocycles. The van der Waals surface area contributed by atoms with E-state index in [2.05, 4.69) is 10.1 Å². The van der Waals surface area contributed by atoms with Gasteiger partial charge in [0.05, 0.1) is 12.7 Å². The quantitative estimate of drug-likeness (QED) is 0.399. The van der Waals surface area contributed by atoms with Crippen molar-refractivity contribution in [1.29, 1.82) is 0 Å². The highest BCUT2D eigenvalue weighted by atomic mass is 16.6. The molecule has 1 amide bonds. The maximum Gasteiger partial charge on any atom is 0.339 e. The predicted molar refractivity (Wildman–Crippen MR) is 56.6 cm³/mol. The van der Waals surface area contributed by atoms with Crippen molar-refractivity contribution in [1.82, 2.24) is 5.32 Å². The molecule has 0 aliphatic heterocycles. The average molecular weight is 233 g/mol. The van der Waals surface area contributed by atoms with Crippen molar-refractivity contribution in [2.75, 3.05) is 14.2 Å². The Kier molecular flexibility index (Phi) is 5.98. The number of hydrogen-bond donors (Lipinski definition) is 1. The van der Waals surface area contributed by atoms with E-state index in [-0.39, 0.29) is 0 Å². The van der Waals surface area contributed by atoms with E-state index in [0.717, 1.165) is 0 Å². The van der Waals surface area contributed by atoms with Gasteiger partial charge in [0.15, 0.2) is 12.3 Å². The maximum absolute atomic E-state index is 11.4. The van der Waals surface area contributed by atoms with Gasteiger partial charge >= 0.3 is 5.97 Å². The molecule has 1 N–H and O–H groups in total. The summed E-state index contributed by atoms with van der Waals surface area (Å²) in [7, 11) is 2.58. The number of amides is 1. The predicted octanol–water partition coefficient (Wildman–Crippen LogP) is 0.0616. The molecule has 0 aromatic rings. The minimum Gasteiger partial charge on any atom is -0.467 e. The molecule has 0 aliphatic carbocycles. The van der Waals surface area contributed by atoms with Crippen LogP contribution in [0.2, 0.25) is 0 Å². The van der Waals surface area contributed by atoms with E-state index < -0.39 is 23.9 Å². The van der Waals surface area contributed by atoms with Gasteiger partial charge in [-0.2, -0.15) is 0 Å². The molecule has 2 atom stereocenters. The van der Waals surface area contributed by atoms with Crippen LogP contribution in [0.15, 0.2) is 0 Å². The van der Waals surface area contributed by atoms with Gasteiger partial charge in [-0.1, -0.05) is 0 Å². The van der Waals surface area contributed by atoms with E-state index in [4.69, 9.17) is 9.47 Å². The fourth-order valence-electron chi connectivity index (χ4n) is 1.09. The SMILES string of the molecule is COC(=O)C(OC)C(NC=O)OC(C)(C)C. The van der Waals surface area contributed by atoms with Crippen LogP contribution in [0.4, 0.5) is 0 Å². The highest BCUT2D eigenvalue weighted by Gasteiger charge is 2.32. The van der Waals surface area contributed by atoms with E-state index in [0.29, 0.717) is 6.41 Å². The molecule has 0 radical (unpaired) electrons. The van der Waals surface area contributed by atoms with Gasteiger partial charge in [-0.15, -0.1) is 0 Å². The summed E-state index contributed by atoms with van der Waals surface area (Å²) in [5.74, 6) is -0.605. The third-order valence-electron chi connectivity index (χ3n) is 1.68. The second kappa shape index (κ2) is 6.44. The number of methoxy groups -OCH3 is 2. The highest BCUT2D eigenvalue weighted by Crippen LogP contribution is 2.13. The Labute approximate surface area is 95.2 Å². The first kappa shape index (κ1) is 14.9. The van der Waals surface area contributed by atoms with Crippen LogP contribution in [0.5, 0.6) is 0 Å². The Morgan fingerprint density at radius 2 is 1.88 bits per heavy atom. The Balaban J connectivity index is 4.71. The van der Waals surface area contributed by atoms with E-state index >= 15 is 0 Å². The minimum absolute atomic E-state index is 0.450. The highest BCUT2D eigenvalue weighted by molar-refractivity contribution is 5.75. The van der Waals surface area contributed by atoms with Crippen molar-refractivity contribution in [2.24, 2.45) is 0 Å². The lowest BCUT2D eigenvalue weighted by molar-refractivity contribution is -0.175. The summed E-state index contributed by atoms with van der Waals surface area (Å²) in [5.41, 5.74) is -0.522. The number of ether oxygens (including phenoxy) is 3. The van der Waals surface area contributed by atoms with Gasteiger partial charge in [0.2, 0.25) is 6.41 Å². The van der Waals surface area contributed by atoms with Gasteiger partial charge in [0, 0.05) is 7.11 Å². The monoisotopic (exact) mass is 233 g/mol. The molecular formula is C10H19NO5. The Bertz CT molecular complexity index is 236. The summed E-state index contributed by atoms with van der Waals surface area (Å²) >= 11 is 0. The van der Waals surface area contributed by atoms with Gasteiger partial charge in [0.25, 0.3) is 0 Å². The van der Waals surface area contributed by atoms with E-state index in [1.807, 2.05) is 0 Å². The zero-order valence-corrected chi connectivity index (χ0v) is 10.3. The summed E-state index contributed by atoms with van der Waals surface area (Å²) in [6.45, 7) is 5.41. The van der Waals surface area contributed by atoms with Crippen LogP contribution in [0, 0.1) is 0 Å². The van der Waals surface area contributed by atoms with E-state index in [1.165, 1.54) is 14.2 Å². The van der Waals surface area contributed by atoms with Crippen molar-refractivity contribution in [3.63, 3.8) is 0 Å². The molecule has 0 heterocycles. The molecule has 0 aromatic carbocycles. The third-order valence-corrected chi connectivity index (χ3v) is 1.68. The van der Waals surface area contributed by atoms with Crippen molar-refractivity contribution in [3.8, 4) is 0 Å². The standard InChI is InChI=1S/C10H19NO5/c1-10(2,3)16-8(11-6-12)7(14-4)9(13)15-5/h6-8H,1-5H3,(H,11,12). The average Bonchev–Trinajstić information content (AvgIpc) is 2.16. The van der Waals surface area contributed by atoms with Crippen LogP contribution in [-0.4, -0.2) is 44.5 Å². The molecular weight excluding hydrogens is 214 g/mol. The van der Waals surface area contributed by atoms with Crippen LogP contribution in [0.3, 0.4) is 0 Å². The molecule has 6 nitrogen and oxygen atoms in total. The summed E-state index contributed by atoms with van der Waals surface area (Å²) in [6.07, 6.45) is -1.42. The van der Waals surface area contributed by atoms with Crippen molar-refractivity contribution < 1.29 is 23.8 Å². The third kappa shape index (κ3) is 5.09. The summed E-state index contributed by atoms with van der Waals surface area (Å²) in [5, 5.41) is 2.38. The molecule has 0 bridgehead atoms. The largest absolute Gasteiger partial charge is 0.467 e. The summed E-state index contributed by atoms with van der Waals surface area (Å²) in [6, 6.07) is 0. The van der Waals surface area contributed by atoms with Crippen LogP contribution < -0.4 is 5.32 Å². The van der Waals surface area contributed by atoms with Crippen LogP contribution >= 0.6 is 0 Å². The fourth-order valence-corrected chi connectivity index (χ4v) is 1.09. The Morgan fingerprint density at radius 3 is 2.19 bits per heavy atom. The van der Waals surface area contributed by atoms with Gasteiger partial charge in [-0.05, 0) is 20.8 Å². The van der Waals surface area contributed by atoms with E-state index in [1.54, 1.807) is 20.8 Å². The van der Waals surface area contributed by atoms with Crippen LogP contribution in [-0.2, 0) is 23.8 Å². The topological polar surface area (TPSA) is 73.9 Å². The van der Waals surface area contributed by atoms with Gasteiger partial charge in [0.1, 0.15) is 0 Å². The van der Waals surface area contributed by atoms with Crippen molar-refractivity contribution in [2.45, 2.75) is 38.7 Å². The zero-order valence-electron chi connectivity index (χ0n) is 10.3. The molecule has 16 heavy (non-hydrogen) atoms. The lowest BCUT2D eigenvalue weighted by atomic mass is 10.2. The summed E-state index contributed by atoms with van der Waals surface area (Å²) in [4.78, 5) is 21.8. The normalized spacial score (nSPS) is 15.1. The number of rotatable bonds is 6. The molecule has 0 saturated heterocycles. The second-order valence-electron chi connectivity index (χ2n) is 4.11. The van der Waals surface area contributed by atoms with Crippen molar-refractivity contribution >= 4 is 12.4 Å². The second-order valence-corrected chi connectivity index (χ2v) is 4.11. The van der Waals surface area contributed by atoms with Gasteiger partial charge in [-0.3, -0.25) is 4.79 Å². The first-order chi connectivity index (χ1) is 7.35. The number of hydrogen-bond acceptors (Lipinski definition) is 5. The molecule has 0 spiro atoms. The first-order valence-corrected chi connectivity index (χ1v) is 4.84. The van der Waals surface area contributed by atoms with Crippen LogP contribution in [0.25, 0.3) is 0 Å². The van der Waals surface area contributed by atoms with Crippen LogP contribution in [0.1, 0.15) is 20.8 Å². The fraction of sp³-hybridized carbons (Fsp3) is 0.800. The summed E-state index contributed by atoms with van der Waals surface area (Å²) < 4.78 is 15.0. The van der Waals surface area contributed by atoms with Crippen molar-refractivity contribution in [3.05, 3.63) is 0 Å². The smallest absolute Gasteiger partial charge is 0.339 e. The molecule has 6 heteroatoms. The van der Waals surface area contributed by atoms with Gasteiger partial charge in [-0.25, -0.2) is 4.79 Å². The lowest BCUT2D eigenvalue weighted by Gasteiger charge is -2.30. The molecule has 2 unspecified atom stereocenters. The van der Waals surface area contributed by atoms with E-state index in [9.17, 15) is 9.59 Å². The molecule has 0 saturated carbocycles. The maximum atomic E-state index is 11.4. The number of carbonyl (C=O) groups is 2. The number of esters is 1. The lowest BCUT2D eigenvalue weighted by Crippen LogP contribution is -2.50. The molecule has 94 valence electrons. The number of nitrogens with one attached hydrogen (secondary N) is 1. The Morgan fingerprint density at radius 1 is 1.31 bits per heavy atom. The first-order valence-electron chi connectivity index (χ1n) is 4.84. The zero-order chi connectivity index (χ0) is 12.8. The molecule has 0 aliphatic rings. The number of carbonyl (C=O) groups excluding carboxylic acids is 2. The van der Waals surface area contributed by atoms with Gasteiger partial charge < -0.3 is 19.5 Å².